The van der Waals surface area contributed by atoms with E-state index in [0.717, 1.165) is 11.3 Å². The molecule has 0 saturated carbocycles. The van der Waals surface area contributed by atoms with E-state index in [-0.39, 0.29) is 4.21 Å². The monoisotopic (exact) mass is 338 g/mol. The highest BCUT2D eigenvalue weighted by molar-refractivity contribution is 9.47. The van der Waals surface area contributed by atoms with Crippen molar-refractivity contribution in [2.75, 3.05) is 0 Å². The molecule has 1 aromatic rings. The van der Waals surface area contributed by atoms with Crippen LogP contribution in [0.15, 0.2) is 14.1 Å². The molecule has 0 aliphatic rings. The Bertz CT molecular complexity index is 350. The average Bonchev–Trinajstić information content (AvgIpc) is 2.11. The minimum absolute atomic E-state index is 0.203. The first kappa shape index (κ1) is 9.98. The van der Waals surface area contributed by atoms with Gasteiger partial charge in [-0.15, -0.1) is 11.3 Å². The molecular formula is C4HBr2ClO2S2. The molecule has 2 nitrogen and oxygen atoms in total. The molecule has 11 heavy (non-hydrogen) atoms. The van der Waals surface area contributed by atoms with Crippen molar-refractivity contribution in [1.29, 1.82) is 0 Å². The Balaban J connectivity index is 3.29. The molecule has 0 bridgehead atoms. The SMILES string of the molecule is O=S(=O)(Br)c1cc(Cl)c(Br)s1. The first-order chi connectivity index (χ1) is 4.91. The third kappa shape index (κ3) is 2.42. The third-order valence-corrected chi connectivity index (χ3v) is 6.33. The van der Waals surface area contributed by atoms with E-state index in [1.54, 1.807) is 0 Å². The van der Waals surface area contributed by atoms with Gasteiger partial charge >= 0.3 is 0 Å². The van der Waals surface area contributed by atoms with E-state index >= 15 is 0 Å². The summed E-state index contributed by atoms with van der Waals surface area (Å²) in [6, 6.07) is 1.39. The van der Waals surface area contributed by atoms with Gasteiger partial charge in [-0.05, 0) is 22.0 Å². The Labute approximate surface area is 88.8 Å². The van der Waals surface area contributed by atoms with Gasteiger partial charge in [-0.1, -0.05) is 11.6 Å². The molecule has 0 atom stereocenters. The van der Waals surface area contributed by atoms with Gasteiger partial charge in [0.15, 0.2) is 0 Å². The quantitative estimate of drug-likeness (QED) is 0.736. The van der Waals surface area contributed by atoms with Gasteiger partial charge in [0, 0.05) is 0 Å². The van der Waals surface area contributed by atoms with Crippen LogP contribution in [0.4, 0.5) is 0 Å². The summed E-state index contributed by atoms with van der Waals surface area (Å²) in [5.41, 5.74) is 0. The van der Waals surface area contributed by atoms with Gasteiger partial charge in [0.25, 0.3) is 0 Å². The van der Waals surface area contributed by atoms with Gasteiger partial charge in [-0.2, -0.15) is 0 Å². The van der Waals surface area contributed by atoms with Gasteiger partial charge in [-0.3, -0.25) is 0 Å². The summed E-state index contributed by atoms with van der Waals surface area (Å²) >= 11 is 12.3. The van der Waals surface area contributed by atoms with Gasteiger partial charge in [-0.25, -0.2) is 8.42 Å². The molecule has 0 aliphatic carbocycles. The molecule has 0 amide bonds. The van der Waals surface area contributed by atoms with Crippen LogP contribution in [0.2, 0.25) is 5.02 Å². The van der Waals surface area contributed by atoms with Crippen LogP contribution in [-0.2, 0) is 8.27 Å². The van der Waals surface area contributed by atoms with Gasteiger partial charge in [0.05, 0.1) is 23.6 Å². The van der Waals surface area contributed by atoms with Crippen molar-refractivity contribution in [3.63, 3.8) is 0 Å². The Morgan fingerprint density at radius 3 is 2.27 bits per heavy atom. The second-order valence-electron chi connectivity index (χ2n) is 1.62. The first-order valence-electron chi connectivity index (χ1n) is 2.31. The lowest BCUT2D eigenvalue weighted by Crippen LogP contribution is -1.82. The fourth-order valence-electron chi connectivity index (χ4n) is 0.447. The van der Waals surface area contributed by atoms with Crippen LogP contribution in [0.25, 0.3) is 0 Å². The predicted molar refractivity (Wildman–Crippen MR) is 53.1 cm³/mol. The second kappa shape index (κ2) is 3.33. The van der Waals surface area contributed by atoms with Crippen LogP contribution in [0.3, 0.4) is 0 Å². The van der Waals surface area contributed by atoms with Crippen LogP contribution in [0.5, 0.6) is 0 Å². The fourth-order valence-corrected chi connectivity index (χ4v) is 4.05. The summed E-state index contributed by atoms with van der Waals surface area (Å²) in [5, 5.41) is 0.410. The van der Waals surface area contributed by atoms with E-state index in [0.29, 0.717) is 8.81 Å². The lowest BCUT2D eigenvalue weighted by molar-refractivity contribution is 0.613. The van der Waals surface area contributed by atoms with Crippen molar-refractivity contribution in [2.45, 2.75) is 4.21 Å². The highest BCUT2D eigenvalue weighted by atomic mass is 79.9. The predicted octanol–water partition coefficient (Wildman–Crippen LogP) is 3.25. The van der Waals surface area contributed by atoms with Gasteiger partial charge < -0.3 is 0 Å². The molecule has 0 saturated heterocycles. The van der Waals surface area contributed by atoms with E-state index in [9.17, 15) is 8.42 Å². The Hall–Kier alpha value is 0.900. The number of rotatable bonds is 1. The molecule has 1 aromatic heterocycles. The number of halogens is 3. The van der Waals surface area contributed by atoms with Crippen LogP contribution < -0.4 is 0 Å². The van der Waals surface area contributed by atoms with Crippen molar-refractivity contribution in [2.24, 2.45) is 0 Å². The van der Waals surface area contributed by atoms with E-state index in [1.807, 2.05) is 0 Å². The second-order valence-corrected chi connectivity index (χ2v) is 8.53. The first-order valence-corrected chi connectivity index (χ1v) is 7.62. The van der Waals surface area contributed by atoms with Crippen LogP contribution in [0.1, 0.15) is 0 Å². The zero-order chi connectivity index (χ0) is 8.65. The molecule has 7 heteroatoms. The van der Waals surface area contributed by atoms with Gasteiger partial charge in [0.2, 0.25) is 8.27 Å². The van der Waals surface area contributed by atoms with Crippen molar-refractivity contribution in [3.05, 3.63) is 14.9 Å². The maximum atomic E-state index is 10.8. The summed E-state index contributed by atoms with van der Waals surface area (Å²) in [6.07, 6.45) is 0. The molecule has 0 fully saturated rings. The molecule has 0 aromatic carbocycles. The smallest absolute Gasteiger partial charge is 0.211 e. The average molecular weight is 340 g/mol. The van der Waals surface area contributed by atoms with Gasteiger partial charge in [0.1, 0.15) is 4.21 Å². The number of hydrogen-bond acceptors (Lipinski definition) is 3. The molecule has 0 N–H and O–H groups in total. The molecule has 0 spiro atoms. The van der Waals surface area contributed by atoms with E-state index < -0.39 is 8.27 Å². The van der Waals surface area contributed by atoms with E-state index in [4.69, 9.17) is 11.6 Å². The Morgan fingerprint density at radius 1 is 1.55 bits per heavy atom. The number of hydrogen-bond donors (Lipinski definition) is 0. The highest BCUT2D eigenvalue weighted by Crippen LogP contribution is 2.36. The molecule has 1 heterocycles. The molecule has 0 unspecified atom stereocenters. The zero-order valence-corrected chi connectivity index (χ0v) is 10.4. The summed E-state index contributed by atoms with van der Waals surface area (Å²) < 4.78 is 22.5. The van der Waals surface area contributed by atoms with Crippen LogP contribution in [0, 0.1) is 0 Å². The van der Waals surface area contributed by atoms with E-state index in [2.05, 4.69) is 30.7 Å². The Kier molecular flexibility index (Phi) is 3.03. The van der Waals surface area contributed by atoms with Crippen LogP contribution >= 0.6 is 53.7 Å². The topological polar surface area (TPSA) is 34.1 Å². The fraction of sp³-hybridized carbons (Fsp3) is 0. The van der Waals surface area contributed by atoms with E-state index in [1.165, 1.54) is 6.07 Å². The summed E-state index contributed by atoms with van der Waals surface area (Å²) in [5.74, 6) is 0. The lowest BCUT2D eigenvalue weighted by atomic mass is 10.7. The standard InChI is InChI=1S/C4HBr2ClO2S2/c5-4-2(7)1-3(10-4)11(6,8)9/h1H. The molecule has 1 rings (SSSR count). The maximum Gasteiger partial charge on any atom is 0.246 e. The zero-order valence-electron chi connectivity index (χ0n) is 4.84. The largest absolute Gasteiger partial charge is 0.246 e. The molecule has 0 aliphatic heterocycles. The van der Waals surface area contributed by atoms with Crippen molar-refractivity contribution in [3.8, 4) is 0 Å². The third-order valence-electron chi connectivity index (χ3n) is 0.863. The van der Waals surface area contributed by atoms with Crippen molar-refractivity contribution < 1.29 is 8.42 Å². The summed E-state index contributed by atoms with van der Waals surface area (Å²) in [4.78, 5) is 0. The lowest BCUT2D eigenvalue weighted by Gasteiger charge is -1.84. The maximum absolute atomic E-state index is 10.8. The van der Waals surface area contributed by atoms with Crippen LogP contribution in [-0.4, -0.2) is 8.42 Å². The summed E-state index contributed by atoms with van der Waals surface area (Å²) in [6.45, 7) is 0. The molecule has 0 radical (unpaired) electrons. The molecular weight excluding hydrogens is 339 g/mol. The highest BCUT2D eigenvalue weighted by Gasteiger charge is 2.14. The molecule has 62 valence electrons. The minimum Gasteiger partial charge on any atom is -0.211 e. The summed E-state index contributed by atoms with van der Waals surface area (Å²) in [7, 11) is -3.29. The normalized spacial score (nSPS) is 11.9. The number of thiophene rings is 1. The van der Waals surface area contributed by atoms with Crippen molar-refractivity contribution >= 4 is 62.0 Å². The minimum atomic E-state index is -3.29. The Morgan fingerprint density at radius 2 is 2.09 bits per heavy atom. The van der Waals surface area contributed by atoms with Crippen molar-refractivity contribution in [1.82, 2.24) is 0 Å².